The third-order valence-electron chi connectivity index (χ3n) is 3.12. The van der Waals surface area contributed by atoms with E-state index in [1.54, 1.807) is 12.4 Å². The molecule has 0 saturated heterocycles. The number of amides is 1. The van der Waals surface area contributed by atoms with Gasteiger partial charge in [0.1, 0.15) is 0 Å². The first-order valence-corrected chi connectivity index (χ1v) is 6.02. The number of rotatable bonds is 5. The Morgan fingerprint density at radius 2 is 2.00 bits per heavy atom. The van der Waals surface area contributed by atoms with Crippen LogP contribution in [0.15, 0.2) is 24.5 Å². The van der Waals surface area contributed by atoms with E-state index in [0.717, 1.165) is 12.0 Å². The molecule has 3 N–H and O–H groups in total. The third kappa shape index (κ3) is 3.82. The molecule has 0 spiro atoms. The lowest BCUT2D eigenvalue weighted by molar-refractivity contribution is -0.124. The lowest BCUT2D eigenvalue weighted by Gasteiger charge is -2.21. The van der Waals surface area contributed by atoms with Crippen molar-refractivity contribution >= 4 is 5.91 Å². The molecular weight excluding hydrogens is 214 g/mol. The van der Waals surface area contributed by atoms with Crippen LogP contribution in [0.5, 0.6) is 0 Å². The molecule has 0 saturated carbocycles. The van der Waals surface area contributed by atoms with E-state index in [0.29, 0.717) is 0 Å². The number of carbonyl (C=O) groups is 1. The van der Waals surface area contributed by atoms with E-state index in [1.807, 2.05) is 32.9 Å². The molecule has 0 aromatic carbocycles. The van der Waals surface area contributed by atoms with Crippen LogP contribution in [0.2, 0.25) is 0 Å². The van der Waals surface area contributed by atoms with Crippen LogP contribution in [0.1, 0.15) is 38.8 Å². The molecule has 1 rings (SSSR count). The van der Waals surface area contributed by atoms with Crippen LogP contribution >= 0.6 is 0 Å². The van der Waals surface area contributed by atoms with Gasteiger partial charge in [0.05, 0.1) is 12.1 Å². The van der Waals surface area contributed by atoms with E-state index in [2.05, 4.69) is 10.3 Å². The first-order valence-electron chi connectivity index (χ1n) is 6.02. The Morgan fingerprint density at radius 3 is 2.53 bits per heavy atom. The SMILES string of the molecule is CCC(C)C(N)C(=O)N[C@@H](C)c1ccncc1. The van der Waals surface area contributed by atoms with Gasteiger partial charge in [0.15, 0.2) is 0 Å². The summed E-state index contributed by atoms with van der Waals surface area (Å²) in [6.07, 6.45) is 4.33. The number of hydrogen-bond donors (Lipinski definition) is 2. The number of nitrogens with one attached hydrogen (secondary N) is 1. The summed E-state index contributed by atoms with van der Waals surface area (Å²) in [5.41, 5.74) is 6.91. The predicted molar refractivity (Wildman–Crippen MR) is 68.2 cm³/mol. The molecule has 0 radical (unpaired) electrons. The van der Waals surface area contributed by atoms with Gasteiger partial charge in [0.2, 0.25) is 5.91 Å². The highest BCUT2D eigenvalue weighted by Gasteiger charge is 2.20. The molecule has 4 nitrogen and oxygen atoms in total. The van der Waals surface area contributed by atoms with Crippen LogP contribution in [-0.4, -0.2) is 16.9 Å². The summed E-state index contributed by atoms with van der Waals surface area (Å²) in [7, 11) is 0. The Hall–Kier alpha value is -1.42. The first kappa shape index (κ1) is 13.6. The summed E-state index contributed by atoms with van der Waals surface area (Å²) in [5.74, 6) is 0.100. The van der Waals surface area contributed by atoms with Crippen molar-refractivity contribution < 1.29 is 4.79 Å². The second-order valence-electron chi connectivity index (χ2n) is 4.42. The van der Waals surface area contributed by atoms with E-state index in [9.17, 15) is 4.79 Å². The molecule has 2 unspecified atom stereocenters. The summed E-state index contributed by atoms with van der Waals surface area (Å²) < 4.78 is 0. The fraction of sp³-hybridized carbons (Fsp3) is 0.538. The van der Waals surface area contributed by atoms with Gasteiger partial charge in [-0.15, -0.1) is 0 Å². The number of hydrogen-bond acceptors (Lipinski definition) is 3. The maximum Gasteiger partial charge on any atom is 0.237 e. The lowest BCUT2D eigenvalue weighted by atomic mass is 9.99. The standard InChI is InChI=1S/C13H21N3O/c1-4-9(2)12(14)13(17)16-10(3)11-5-7-15-8-6-11/h5-10,12H,4,14H2,1-3H3,(H,16,17)/t9?,10-,12?/m0/s1. The third-order valence-corrected chi connectivity index (χ3v) is 3.12. The zero-order valence-electron chi connectivity index (χ0n) is 10.7. The Bertz CT molecular complexity index is 353. The number of nitrogens with zero attached hydrogens (tertiary/aromatic N) is 1. The maximum absolute atomic E-state index is 11.9. The van der Waals surface area contributed by atoms with Crippen LogP contribution in [0.3, 0.4) is 0 Å². The normalized spacial score (nSPS) is 16.0. The molecule has 1 heterocycles. The highest BCUT2D eigenvalue weighted by Crippen LogP contribution is 2.12. The largest absolute Gasteiger partial charge is 0.348 e. The first-order chi connectivity index (χ1) is 8.06. The van der Waals surface area contributed by atoms with E-state index in [1.165, 1.54) is 0 Å². The van der Waals surface area contributed by atoms with Crippen LogP contribution < -0.4 is 11.1 Å². The van der Waals surface area contributed by atoms with Gasteiger partial charge in [-0.25, -0.2) is 0 Å². The van der Waals surface area contributed by atoms with Gasteiger partial charge >= 0.3 is 0 Å². The quantitative estimate of drug-likeness (QED) is 0.815. The van der Waals surface area contributed by atoms with Crippen molar-refractivity contribution in [2.45, 2.75) is 39.3 Å². The van der Waals surface area contributed by atoms with Crippen molar-refractivity contribution in [3.63, 3.8) is 0 Å². The van der Waals surface area contributed by atoms with E-state index < -0.39 is 6.04 Å². The van der Waals surface area contributed by atoms with Gasteiger partial charge in [0, 0.05) is 12.4 Å². The van der Waals surface area contributed by atoms with Crippen molar-refractivity contribution in [1.29, 1.82) is 0 Å². The average Bonchev–Trinajstić information content (AvgIpc) is 2.37. The fourth-order valence-electron chi connectivity index (χ4n) is 1.56. The van der Waals surface area contributed by atoms with Crippen LogP contribution in [0.4, 0.5) is 0 Å². The molecule has 1 amide bonds. The molecule has 0 aliphatic carbocycles. The maximum atomic E-state index is 11.9. The van der Waals surface area contributed by atoms with Gasteiger partial charge in [0.25, 0.3) is 0 Å². The predicted octanol–water partition coefficient (Wildman–Crippen LogP) is 1.63. The summed E-state index contributed by atoms with van der Waals surface area (Å²) >= 11 is 0. The molecule has 0 bridgehead atoms. The Morgan fingerprint density at radius 1 is 1.41 bits per heavy atom. The number of aromatic nitrogens is 1. The minimum Gasteiger partial charge on any atom is -0.348 e. The molecule has 4 heteroatoms. The molecular formula is C13H21N3O. The van der Waals surface area contributed by atoms with E-state index in [4.69, 9.17) is 5.73 Å². The Labute approximate surface area is 103 Å². The molecule has 17 heavy (non-hydrogen) atoms. The highest BCUT2D eigenvalue weighted by molar-refractivity contribution is 5.82. The van der Waals surface area contributed by atoms with Crippen LogP contribution in [0.25, 0.3) is 0 Å². The lowest BCUT2D eigenvalue weighted by Crippen LogP contribution is -2.45. The van der Waals surface area contributed by atoms with Crippen LogP contribution in [-0.2, 0) is 4.79 Å². The Kier molecular flexibility index (Phi) is 5.10. The van der Waals surface area contributed by atoms with E-state index in [-0.39, 0.29) is 17.9 Å². The van der Waals surface area contributed by atoms with Crippen LogP contribution in [0, 0.1) is 5.92 Å². The van der Waals surface area contributed by atoms with Gasteiger partial charge in [-0.05, 0) is 30.5 Å². The van der Waals surface area contributed by atoms with Gasteiger partial charge in [-0.2, -0.15) is 0 Å². The van der Waals surface area contributed by atoms with Crippen molar-refractivity contribution in [2.24, 2.45) is 11.7 Å². The van der Waals surface area contributed by atoms with Gasteiger partial charge in [-0.1, -0.05) is 20.3 Å². The number of nitrogens with two attached hydrogens (primary N) is 1. The van der Waals surface area contributed by atoms with Crippen molar-refractivity contribution in [3.8, 4) is 0 Å². The smallest absolute Gasteiger partial charge is 0.237 e. The minimum atomic E-state index is -0.440. The van der Waals surface area contributed by atoms with Crippen molar-refractivity contribution in [1.82, 2.24) is 10.3 Å². The zero-order chi connectivity index (χ0) is 12.8. The monoisotopic (exact) mass is 235 g/mol. The summed E-state index contributed by atoms with van der Waals surface area (Å²) in [6, 6.07) is 3.30. The molecule has 0 aliphatic heterocycles. The number of carbonyl (C=O) groups excluding carboxylic acids is 1. The minimum absolute atomic E-state index is 0.0411. The summed E-state index contributed by atoms with van der Waals surface area (Å²) in [4.78, 5) is 15.8. The van der Waals surface area contributed by atoms with E-state index >= 15 is 0 Å². The summed E-state index contributed by atoms with van der Waals surface area (Å²) in [6.45, 7) is 5.96. The number of pyridine rings is 1. The molecule has 0 fully saturated rings. The average molecular weight is 235 g/mol. The van der Waals surface area contributed by atoms with Gasteiger partial charge in [-0.3, -0.25) is 9.78 Å². The summed E-state index contributed by atoms with van der Waals surface area (Å²) in [5, 5.41) is 2.92. The second-order valence-corrected chi connectivity index (χ2v) is 4.42. The van der Waals surface area contributed by atoms with Crippen molar-refractivity contribution in [3.05, 3.63) is 30.1 Å². The Balaban J connectivity index is 2.57. The molecule has 3 atom stereocenters. The molecule has 0 aliphatic rings. The van der Waals surface area contributed by atoms with Gasteiger partial charge < -0.3 is 11.1 Å². The highest BCUT2D eigenvalue weighted by atomic mass is 16.2. The zero-order valence-corrected chi connectivity index (χ0v) is 10.7. The molecule has 94 valence electrons. The molecule has 1 aromatic rings. The van der Waals surface area contributed by atoms with Crippen molar-refractivity contribution in [2.75, 3.05) is 0 Å². The fourth-order valence-corrected chi connectivity index (χ4v) is 1.56. The topological polar surface area (TPSA) is 68.0 Å². The molecule has 1 aromatic heterocycles. The second kappa shape index (κ2) is 6.35.